The molecular weight excluding hydrogens is 258 g/mol. The molecule has 0 radical (unpaired) electrons. The smallest absolute Gasteiger partial charge is 0.170 e. The minimum Gasteiger partial charge on any atom is -0.391 e. The lowest BCUT2D eigenvalue weighted by atomic mass is 9.84. The summed E-state index contributed by atoms with van der Waals surface area (Å²) in [5.41, 5.74) is 0. The molecule has 116 valence electrons. The van der Waals surface area contributed by atoms with E-state index in [1.54, 1.807) is 7.11 Å². The molecule has 5 nitrogen and oxygen atoms in total. The second kappa shape index (κ2) is 6.28. The summed E-state index contributed by atoms with van der Waals surface area (Å²) in [6.07, 6.45) is 4.55. The highest BCUT2D eigenvalue weighted by atomic mass is 16.7. The van der Waals surface area contributed by atoms with E-state index in [-0.39, 0.29) is 12.1 Å². The van der Waals surface area contributed by atoms with Gasteiger partial charge in [0.1, 0.15) is 0 Å². The Hall–Kier alpha value is -0.200. The van der Waals surface area contributed by atoms with Crippen molar-refractivity contribution in [2.75, 3.05) is 40.0 Å². The predicted molar refractivity (Wildman–Crippen MR) is 74.5 cm³/mol. The third kappa shape index (κ3) is 3.02. The van der Waals surface area contributed by atoms with E-state index >= 15 is 0 Å². The molecule has 0 aromatic heterocycles. The fourth-order valence-electron chi connectivity index (χ4n) is 4.02. The van der Waals surface area contributed by atoms with Crippen LogP contribution in [0.2, 0.25) is 0 Å². The summed E-state index contributed by atoms with van der Waals surface area (Å²) in [5, 5.41) is 10.4. The maximum absolute atomic E-state index is 10.4. The minimum absolute atomic E-state index is 0.168. The Labute approximate surface area is 121 Å². The number of likely N-dealkylation sites (tertiary alicyclic amines) is 1. The number of ether oxygens (including phenoxy) is 3. The van der Waals surface area contributed by atoms with Crippen LogP contribution in [0, 0.1) is 5.92 Å². The van der Waals surface area contributed by atoms with Crippen molar-refractivity contribution >= 4 is 0 Å². The van der Waals surface area contributed by atoms with Crippen LogP contribution < -0.4 is 0 Å². The van der Waals surface area contributed by atoms with Gasteiger partial charge in [-0.3, -0.25) is 4.90 Å². The van der Waals surface area contributed by atoms with Gasteiger partial charge in [-0.25, -0.2) is 0 Å². The molecule has 20 heavy (non-hydrogen) atoms. The second-order valence-electron chi connectivity index (χ2n) is 6.44. The minimum atomic E-state index is -0.419. The van der Waals surface area contributed by atoms with E-state index in [1.165, 1.54) is 12.8 Å². The molecule has 1 saturated carbocycles. The van der Waals surface area contributed by atoms with Crippen molar-refractivity contribution in [2.45, 2.75) is 50.0 Å². The van der Waals surface area contributed by atoms with Crippen LogP contribution in [0.1, 0.15) is 32.1 Å². The summed E-state index contributed by atoms with van der Waals surface area (Å²) in [4.78, 5) is 2.43. The number of hydrogen-bond donors (Lipinski definition) is 1. The molecular formula is C15H27NO4. The first kappa shape index (κ1) is 14.7. The number of rotatable bonds is 3. The third-order valence-corrected chi connectivity index (χ3v) is 5.02. The average Bonchev–Trinajstić information content (AvgIpc) is 2.91. The summed E-state index contributed by atoms with van der Waals surface area (Å²) in [7, 11) is 1.77. The average molecular weight is 285 g/mol. The Balaban J connectivity index is 1.64. The van der Waals surface area contributed by atoms with Crippen LogP contribution in [0.3, 0.4) is 0 Å². The van der Waals surface area contributed by atoms with Gasteiger partial charge >= 0.3 is 0 Å². The van der Waals surface area contributed by atoms with Crippen molar-refractivity contribution in [3.8, 4) is 0 Å². The number of aliphatic hydroxyl groups excluding tert-OH is 1. The van der Waals surface area contributed by atoms with Gasteiger partial charge in [0.05, 0.1) is 25.9 Å². The Kier molecular flexibility index (Phi) is 4.62. The quantitative estimate of drug-likeness (QED) is 0.838. The standard InChI is InChI=1S/C15H27NO4/c1-18-11-12-3-2-6-16(10-12)13-9-15(5-4-14(13)17)19-7-8-20-15/h12-14,17H,2-11H2,1H3. The molecule has 3 atom stereocenters. The van der Waals surface area contributed by atoms with Gasteiger partial charge in [0.25, 0.3) is 0 Å². The third-order valence-electron chi connectivity index (χ3n) is 5.02. The molecule has 5 heteroatoms. The molecule has 0 bridgehead atoms. The maximum Gasteiger partial charge on any atom is 0.170 e. The molecule has 1 spiro atoms. The van der Waals surface area contributed by atoms with Crippen molar-refractivity contribution in [3.63, 3.8) is 0 Å². The van der Waals surface area contributed by atoms with Crippen LogP contribution in [0.25, 0.3) is 0 Å². The first-order chi connectivity index (χ1) is 9.72. The summed E-state index contributed by atoms with van der Waals surface area (Å²) in [6, 6.07) is 0.168. The molecule has 3 rings (SSSR count). The van der Waals surface area contributed by atoms with Crippen LogP contribution in [0.4, 0.5) is 0 Å². The van der Waals surface area contributed by atoms with Gasteiger partial charge < -0.3 is 19.3 Å². The number of hydrogen-bond acceptors (Lipinski definition) is 5. The van der Waals surface area contributed by atoms with Crippen molar-refractivity contribution in [1.29, 1.82) is 0 Å². The van der Waals surface area contributed by atoms with Gasteiger partial charge in [0, 0.05) is 32.5 Å². The Morgan fingerprint density at radius 1 is 1.30 bits per heavy atom. The highest BCUT2D eigenvalue weighted by molar-refractivity contribution is 4.94. The number of piperidine rings is 1. The molecule has 2 heterocycles. The molecule has 0 aromatic rings. The monoisotopic (exact) mass is 285 g/mol. The molecule has 1 aliphatic carbocycles. The maximum atomic E-state index is 10.4. The fraction of sp³-hybridized carbons (Fsp3) is 1.00. The Morgan fingerprint density at radius 2 is 2.10 bits per heavy atom. The normalized spacial score (nSPS) is 38.4. The highest BCUT2D eigenvalue weighted by Crippen LogP contribution is 2.38. The molecule has 1 N–H and O–H groups in total. The van der Waals surface area contributed by atoms with Gasteiger partial charge in [0.15, 0.2) is 5.79 Å². The largest absolute Gasteiger partial charge is 0.391 e. The topological polar surface area (TPSA) is 51.2 Å². The zero-order valence-electron chi connectivity index (χ0n) is 12.4. The number of nitrogens with zero attached hydrogens (tertiary/aromatic N) is 1. The van der Waals surface area contributed by atoms with Gasteiger partial charge in [0.2, 0.25) is 0 Å². The van der Waals surface area contributed by atoms with Crippen LogP contribution in [0.15, 0.2) is 0 Å². The van der Waals surface area contributed by atoms with Gasteiger partial charge in [-0.05, 0) is 31.7 Å². The van der Waals surface area contributed by atoms with E-state index in [2.05, 4.69) is 4.90 Å². The van der Waals surface area contributed by atoms with Crippen LogP contribution in [-0.4, -0.2) is 68.0 Å². The van der Waals surface area contributed by atoms with Crippen LogP contribution in [-0.2, 0) is 14.2 Å². The van der Waals surface area contributed by atoms with E-state index in [1.807, 2.05) is 0 Å². The zero-order chi connectivity index (χ0) is 14.0. The van der Waals surface area contributed by atoms with Gasteiger partial charge in [-0.1, -0.05) is 0 Å². The lowest BCUT2D eigenvalue weighted by molar-refractivity contribution is -0.207. The number of methoxy groups -OCH3 is 1. The zero-order valence-corrected chi connectivity index (χ0v) is 12.4. The van der Waals surface area contributed by atoms with Crippen LogP contribution >= 0.6 is 0 Å². The summed E-state index contributed by atoms with van der Waals surface area (Å²) < 4.78 is 17.0. The van der Waals surface area contributed by atoms with Gasteiger partial charge in [-0.15, -0.1) is 0 Å². The highest BCUT2D eigenvalue weighted by Gasteiger charge is 2.46. The lowest BCUT2D eigenvalue weighted by Gasteiger charge is -2.46. The van der Waals surface area contributed by atoms with Gasteiger partial charge in [-0.2, -0.15) is 0 Å². The molecule has 0 aromatic carbocycles. The van der Waals surface area contributed by atoms with Crippen molar-refractivity contribution in [3.05, 3.63) is 0 Å². The van der Waals surface area contributed by atoms with E-state index < -0.39 is 5.79 Å². The Morgan fingerprint density at radius 3 is 2.85 bits per heavy atom. The van der Waals surface area contributed by atoms with E-state index in [0.717, 1.165) is 39.0 Å². The molecule has 0 amide bonds. The first-order valence-corrected chi connectivity index (χ1v) is 7.91. The molecule has 3 unspecified atom stereocenters. The van der Waals surface area contributed by atoms with E-state index in [0.29, 0.717) is 19.1 Å². The molecule has 3 aliphatic rings. The lowest BCUT2D eigenvalue weighted by Crippen LogP contribution is -2.55. The van der Waals surface area contributed by atoms with E-state index in [4.69, 9.17) is 14.2 Å². The molecule has 2 aliphatic heterocycles. The second-order valence-corrected chi connectivity index (χ2v) is 6.44. The first-order valence-electron chi connectivity index (χ1n) is 7.91. The van der Waals surface area contributed by atoms with Crippen LogP contribution in [0.5, 0.6) is 0 Å². The van der Waals surface area contributed by atoms with E-state index in [9.17, 15) is 5.11 Å². The summed E-state index contributed by atoms with van der Waals surface area (Å²) in [5.74, 6) is 0.169. The predicted octanol–water partition coefficient (Wildman–Crippen LogP) is 1.00. The number of aliphatic hydroxyl groups is 1. The SMILES string of the molecule is COCC1CCCN(C2CC3(CCC2O)OCCO3)C1. The van der Waals surface area contributed by atoms with Crippen molar-refractivity contribution < 1.29 is 19.3 Å². The summed E-state index contributed by atoms with van der Waals surface area (Å²) >= 11 is 0. The molecule has 3 fully saturated rings. The Bertz CT molecular complexity index is 317. The van der Waals surface area contributed by atoms with Crippen molar-refractivity contribution in [1.82, 2.24) is 4.90 Å². The summed E-state index contributed by atoms with van der Waals surface area (Å²) in [6.45, 7) is 4.28. The van der Waals surface area contributed by atoms with Crippen molar-refractivity contribution in [2.24, 2.45) is 5.92 Å². The fourth-order valence-corrected chi connectivity index (χ4v) is 4.02. The molecule has 2 saturated heterocycles.